The van der Waals surface area contributed by atoms with Gasteiger partial charge in [-0.1, -0.05) is 18.2 Å². The molecule has 0 saturated carbocycles. The van der Waals surface area contributed by atoms with Crippen LogP contribution in [0.1, 0.15) is 12.8 Å². The van der Waals surface area contributed by atoms with Crippen LogP contribution in [-0.4, -0.2) is 13.2 Å². The second kappa shape index (κ2) is 5.33. The SMILES string of the molecule is NCCCCOc1ccc2oc3ccccc3c2c1. The third kappa shape index (κ3) is 2.42. The minimum Gasteiger partial charge on any atom is -0.494 e. The number of ether oxygens (including phenoxy) is 1. The monoisotopic (exact) mass is 255 g/mol. The topological polar surface area (TPSA) is 48.4 Å². The highest BCUT2D eigenvalue weighted by Crippen LogP contribution is 2.31. The van der Waals surface area contributed by atoms with Gasteiger partial charge in [-0.3, -0.25) is 0 Å². The fourth-order valence-electron chi connectivity index (χ4n) is 2.23. The first-order chi connectivity index (χ1) is 9.38. The highest BCUT2D eigenvalue weighted by molar-refractivity contribution is 6.05. The van der Waals surface area contributed by atoms with Gasteiger partial charge in [-0.15, -0.1) is 0 Å². The number of unbranched alkanes of at least 4 members (excludes halogenated alkanes) is 1. The summed E-state index contributed by atoms with van der Waals surface area (Å²) in [6.07, 6.45) is 1.98. The van der Waals surface area contributed by atoms with E-state index in [1.807, 2.05) is 36.4 Å². The highest BCUT2D eigenvalue weighted by Gasteiger charge is 2.07. The summed E-state index contributed by atoms with van der Waals surface area (Å²) in [5.41, 5.74) is 7.28. The molecule has 0 spiro atoms. The molecule has 3 heteroatoms. The van der Waals surface area contributed by atoms with Crippen molar-refractivity contribution in [2.24, 2.45) is 5.73 Å². The molecule has 0 radical (unpaired) electrons. The van der Waals surface area contributed by atoms with E-state index in [1.54, 1.807) is 0 Å². The Labute approximate surface area is 112 Å². The molecule has 0 aliphatic heterocycles. The molecule has 3 nitrogen and oxygen atoms in total. The molecule has 98 valence electrons. The molecule has 0 fully saturated rings. The van der Waals surface area contributed by atoms with Gasteiger partial charge < -0.3 is 14.9 Å². The van der Waals surface area contributed by atoms with Crippen LogP contribution in [0.4, 0.5) is 0 Å². The van der Waals surface area contributed by atoms with Gasteiger partial charge in [-0.2, -0.15) is 0 Å². The van der Waals surface area contributed by atoms with Crippen molar-refractivity contribution < 1.29 is 9.15 Å². The van der Waals surface area contributed by atoms with Gasteiger partial charge in [0.05, 0.1) is 6.61 Å². The zero-order valence-corrected chi connectivity index (χ0v) is 10.8. The number of hydrogen-bond acceptors (Lipinski definition) is 3. The van der Waals surface area contributed by atoms with Crippen LogP contribution in [-0.2, 0) is 0 Å². The summed E-state index contributed by atoms with van der Waals surface area (Å²) in [4.78, 5) is 0. The lowest BCUT2D eigenvalue weighted by atomic mass is 10.1. The second-order valence-corrected chi connectivity index (χ2v) is 4.60. The van der Waals surface area contributed by atoms with E-state index < -0.39 is 0 Å². The van der Waals surface area contributed by atoms with Gasteiger partial charge in [0.1, 0.15) is 16.9 Å². The average molecular weight is 255 g/mol. The minimum absolute atomic E-state index is 0.707. The highest BCUT2D eigenvalue weighted by atomic mass is 16.5. The van der Waals surface area contributed by atoms with Gasteiger partial charge >= 0.3 is 0 Å². The quantitative estimate of drug-likeness (QED) is 0.707. The standard InChI is InChI=1S/C16H17NO2/c17-9-3-4-10-18-12-7-8-16-14(11-12)13-5-1-2-6-15(13)19-16/h1-2,5-8,11H,3-4,9-10,17H2. The molecular formula is C16H17NO2. The molecule has 2 aromatic carbocycles. The van der Waals surface area contributed by atoms with E-state index in [4.69, 9.17) is 14.9 Å². The third-order valence-corrected chi connectivity index (χ3v) is 3.22. The Kier molecular flexibility index (Phi) is 3.38. The van der Waals surface area contributed by atoms with Crippen molar-refractivity contribution in [3.8, 4) is 5.75 Å². The third-order valence-electron chi connectivity index (χ3n) is 3.22. The Morgan fingerprint density at radius 2 is 1.79 bits per heavy atom. The summed E-state index contributed by atoms with van der Waals surface area (Å²) in [7, 11) is 0. The van der Waals surface area contributed by atoms with Crippen LogP contribution < -0.4 is 10.5 Å². The summed E-state index contributed by atoms with van der Waals surface area (Å²) in [6.45, 7) is 1.42. The number of rotatable bonds is 5. The van der Waals surface area contributed by atoms with Crippen LogP contribution in [0.25, 0.3) is 21.9 Å². The molecule has 0 amide bonds. The van der Waals surface area contributed by atoms with Crippen LogP contribution in [0.5, 0.6) is 5.75 Å². The smallest absolute Gasteiger partial charge is 0.135 e. The fraction of sp³-hybridized carbons (Fsp3) is 0.250. The normalized spacial score (nSPS) is 11.2. The van der Waals surface area contributed by atoms with Crippen LogP contribution in [0.2, 0.25) is 0 Å². The van der Waals surface area contributed by atoms with Crippen molar-refractivity contribution in [1.82, 2.24) is 0 Å². The minimum atomic E-state index is 0.707. The maximum absolute atomic E-state index is 5.78. The van der Waals surface area contributed by atoms with E-state index in [0.717, 1.165) is 47.1 Å². The Morgan fingerprint density at radius 3 is 2.68 bits per heavy atom. The fourth-order valence-corrected chi connectivity index (χ4v) is 2.23. The van der Waals surface area contributed by atoms with Gasteiger partial charge in [0.25, 0.3) is 0 Å². The van der Waals surface area contributed by atoms with Crippen molar-refractivity contribution in [2.75, 3.05) is 13.2 Å². The molecule has 0 atom stereocenters. The summed E-state index contributed by atoms with van der Waals surface area (Å²) in [6, 6.07) is 14.0. The van der Waals surface area contributed by atoms with Crippen LogP contribution in [0.3, 0.4) is 0 Å². The molecular weight excluding hydrogens is 238 g/mol. The second-order valence-electron chi connectivity index (χ2n) is 4.60. The maximum Gasteiger partial charge on any atom is 0.135 e. The molecule has 3 aromatic rings. The number of para-hydroxylation sites is 1. The van der Waals surface area contributed by atoms with Crippen molar-refractivity contribution in [3.63, 3.8) is 0 Å². The molecule has 0 aliphatic rings. The summed E-state index contributed by atoms with van der Waals surface area (Å²) in [5, 5.41) is 2.23. The summed E-state index contributed by atoms with van der Waals surface area (Å²) >= 11 is 0. The van der Waals surface area contributed by atoms with E-state index in [0.29, 0.717) is 6.61 Å². The molecule has 0 saturated heterocycles. The Hall–Kier alpha value is -2.00. The largest absolute Gasteiger partial charge is 0.494 e. The van der Waals surface area contributed by atoms with Crippen molar-refractivity contribution in [1.29, 1.82) is 0 Å². The molecule has 19 heavy (non-hydrogen) atoms. The van der Waals surface area contributed by atoms with Crippen molar-refractivity contribution in [2.45, 2.75) is 12.8 Å². The molecule has 1 aromatic heterocycles. The molecule has 3 rings (SSSR count). The lowest BCUT2D eigenvalue weighted by molar-refractivity contribution is 0.308. The van der Waals surface area contributed by atoms with Crippen LogP contribution in [0, 0.1) is 0 Å². The average Bonchev–Trinajstić information content (AvgIpc) is 2.82. The molecule has 1 heterocycles. The summed E-state index contributed by atoms with van der Waals surface area (Å²) < 4.78 is 11.5. The number of benzene rings is 2. The zero-order chi connectivity index (χ0) is 13.1. The molecule has 0 aliphatic carbocycles. The van der Waals surface area contributed by atoms with Crippen LogP contribution >= 0.6 is 0 Å². The Balaban J connectivity index is 1.89. The first-order valence-electron chi connectivity index (χ1n) is 6.62. The van der Waals surface area contributed by atoms with Gasteiger partial charge in [0, 0.05) is 10.8 Å². The molecule has 2 N–H and O–H groups in total. The molecule has 0 bridgehead atoms. The zero-order valence-electron chi connectivity index (χ0n) is 10.8. The van der Waals surface area contributed by atoms with Crippen molar-refractivity contribution >= 4 is 21.9 Å². The maximum atomic E-state index is 5.78. The first-order valence-corrected chi connectivity index (χ1v) is 6.62. The van der Waals surface area contributed by atoms with Gasteiger partial charge in [-0.25, -0.2) is 0 Å². The Morgan fingerprint density at radius 1 is 0.947 bits per heavy atom. The first kappa shape index (κ1) is 12.1. The van der Waals surface area contributed by atoms with Gasteiger partial charge in [0.2, 0.25) is 0 Å². The van der Waals surface area contributed by atoms with Gasteiger partial charge in [-0.05, 0) is 43.7 Å². The number of fused-ring (bicyclic) bond motifs is 3. The number of nitrogens with two attached hydrogens (primary N) is 1. The van der Waals surface area contributed by atoms with E-state index in [-0.39, 0.29) is 0 Å². The summed E-state index contributed by atoms with van der Waals surface area (Å²) in [5.74, 6) is 0.885. The predicted octanol–water partition coefficient (Wildman–Crippen LogP) is 3.70. The lowest BCUT2D eigenvalue weighted by Crippen LogP contribution is -2.03. The number of hydrogen-bond donors (Lipinski definition) is 1. The van der Waals surface area contributed by atoms with Crippen LogP contribution in [0.15, 0.2) is 46.9 Å². The van der Waals surface area contributed by atoms with Gasteiger partial charge in [0.15, 0.2) is 0 Å². The number of furan rings is 1. The predicted molar refractivity (Wildman–Crippen MR) is 77.5 cm³/mol. The van der Waals surface area contributed by atoms with E-state index in [2.05, 4.69) is 6.07 Å². The molecule has 0 unspecified atom stereocenters. The van der Waals surface area contributed by atoms with Crippen molar-refractivity contribution in [3.05, 3.63) is 42.5 Å². The van der Waals surface area contributed by atoms with E-state index in [1.165, 1.54) is 0 Å². The van der Waals surface area contributed by atoms with E-state index in [9.17, 15) is 0 Å². The lowest BCUT2D eigenvalue weighted by Gasteiger charge is -2.05. The Bertz CT molecular complexity index is 687. The van der Waals surface area contributed by atoms with E-state index >= 15 is 0 Å².